The van der Waals surface area contributed by atoms with Crippen molar-refractivity contribution in [1.82, 2.24) is 10.1 Å². The van der Waals surface area contributed by atoms with Crippen LogP contribution in [0.25, 0.3) is 22.6 Å². The first-order chi connectivity index (χ1) is 10.4. The summed E-state index contributed by atoms with van der Waals surface area (Å²) in [5.74, 6) is -0.927. The van der Waals surface area contributed by atoms with E-state index in [0.717, 1.165) is 17.4 Å². The van der Waals surface area contributed by atoms with Gasteiger partial charge in [0.2, 0.25) is 0 Å². The van der Waals surface area contributed by atoms with Crippen molar-refractivity contribution in [1.29, 1.82) is 0 Å². The molecular formula is C13H7F3N2O3S. The van der Waals surface area contributed by atoms with E-state index in [1.807, 2.05) is 0 Å². The van der Waals surface area contributed by atoms with E-state index in [4.69, 9.17) is 4.52 Å². The summed E-state index contributed by atoms with van der Waals surface area (Å²) in [4.78, 5) is 3.85. The maximum atomic E-state index is 13.1. The zero-order valence-corrected chi connectivity index (χ0v) is 11.4. The van der Waals surface area contributed by atoms with E-state index in [1.54, 1.807) is 0 Å². The first-order valence-corrected chi connectivity index (χ1v) is 6.80. The summed E-state index contributed by atoms with van der Waals surface area (Å²) >= 11 is 1.12. The van der Waals surface area contributed by atoms with E-state index in [2.05, 4.69) is 10.1 Å². The Balaban J connectivity index is 2.27. The number of benzene rings is 1. The molecule has 0 saturated heterocycles. The number of aromatic nitrogens is 2. The van der Waals surface area contributed by atoms with E-state index < -0.39 is 17.6 Å². The fourth-order valence-corrected chi connectivity index (χ4v) is 2.50. The number of hydrogen-bond acceptors (Lipinski definition) is 6. The molecule has 2 N–H and O–H groups in total. The molecule has 5 nitrogen and oxygen atoms in total. The average Bonchev–Trinajstić information content (AvgIpc) is 3.06. The molecule has 0 unspecified atom stereocenters. The van der Waals surface area contributed by atoms with Crippen LogP contribution >= 0.6 is 11.3 Å². The minimum atomic E-state index is -4.73. The second kappa shape index (κ2) is 5.02. The third-order valence-electron chi connectivity index (χ3n) is 2.87. The van der Waals surface area contributed by atoms with Crippen LogP contribution in [0.3, 0.4) is 0 Å². The van der Waals surface area contributed by atoms with Crippen LogP contribution in [0.1, 0.15) is 5.69 Å². The molecule has 3 aromatic rings. The van der Waals surface area contributed by atoms with Crippen molar-refractivity contribution in [2.24, 2.45) is 0 Å². The van der Waals surface area contributed by atoms with E-state index in [-0.39, 0.29) is 28.3 Å². The Labute approximate surface area is 125 Å². The van der Waals surface area contributed by atoms with Gasteiger partial charge in [0.05, 0.1) is 22.3 Å². The van der Waals surface area contributed by atoms with Gasteiger partial charge < -0.3 is 14.7 Å². The minimum Gasteiger partial charge on any atom is -0.508 e. The Morgan fingerprint density at radius 1 is 1.18 bits per heavy atom. The van der Waals surface area contributed by atoms with Crippen molar-refractivity contribution >= 4 is 11.3 Å². The molecule has 9 heteroatoms. The van der Waals surface area contributed by atoms with Crippen LogP contribution in [-0.2, 0) is 6.18 Å². The lowest BCUT2D eigenvalue weighted by Gasteiger charge is -2.06. The number of thiazole rings is 1. The van der Waals surface area contributed by atoms with Crippen LogP contribution < -0.4 is 0 Å². The molecule has 0 bridgehead atoms. The highest BCUT2D eigenvalue weighted by Gasteiger charge is 2.41. The van der Waals surface area contributed by atoms with Crippen molar-refractivity contribution in [2.75, 3.05) is 0 Å². The molecule has 0 spiro atoms. The van der Waals surface area contributed by atoms with Gasteiger partial charge in [0, 0.05) is 11.4 Å². The van der Waals surface area contributed by atoms with Gasteiger partial charge in [-0.25, -0.2) is 4.98 Å². The molecule has 0 amide bonds. The molecule has 0 saturated carbocycles. The third kappa shape index (κ3) is 2.39. The van der Waals surface area contributed by atoms with Crippen LogP contribution in [0, 0.1) is 0 Å². The van der Waals surface area contributed by atoms with Crippen molar-refractivity contribution in [3.63, 3.8) is 0 Å². The molecule has 0 aliphatic rings. The molecule has 3 rings (SSSR count). The van der Waals surface area contributed by atoms with Crippen LogP contribution in [0.4, 0.5) is 13.2 Å². The highest BCUT2D eigenvalue weighted by Crippen LogP contribution is 2.44. The molecule has 114 valence electrons. The Hall–Kier alpha value is -2.55. The lowest BCUT2D eigenvalue weighted by atomic mass is 10.0. The number of hydrogen-bond donors (Lipinski definition) is 2. The summed E-state index contributed by atoms with van der Waals surface area (Å²) in [6.07, 6.45) is -4.73. The molecule has 0 fully saturated rings. The Morgan fingerprint density at radius 2 is 1.95 bits per heavy atom. The SMILES string of the molecule is Oc1ccc(-c2onc(C(F)(F)F)c2-c2cscn2)c(O)c1. The van der Waals surface area contributed by atoms with Gasteiger partial charge >= 0.3 is 6.18 Å². The van der Waals surface area contributed by atoms with Crippen molar-refractivity contribution in [2.45, 2.75) is 6.18 Å². The molecule has 0 radical (unpaired) electrons. The van der Waals surface area contributed by atoms with Crippen molar-refractivity contribution < 1.29 is 27.9 Å². The van der Waals surface area contributed by atoms with Crippen molar-refractivity contribution in [3.8, 4) is 34.1 Å². The number of alkyl halides is 3. The molecular weight excluding hydrogens is 321 g/mol. The zero-order valence-electron chi connectivity index (χ0n) is 10.6. The van der Waals surface area contributed by atoms with Gasteiger partial charge in [-0.2, -0.15) is 13.2 Å². The average molecular weight is 328 g/mol. The van der Waals surface area contributed by atoms with Gasteiger partial charge in [-0.1, -0.05) is 5.16 Å². The lowest BCUT2D eigenvalue weighted by Crippen LogP contribution is -2.07. The van der Waals surface area contributed by atoms with Crippen LogP contribution in [0.15, 0.2) is 33.6 Å². The summed E-state index contributed by atoms with van der Waals surface area (Å²) in [5, 5.41) is 23.6. The fraction of sp³-hybridized carbons (Fsp3) is 0.0769. The van der Waals surface area contributed by atoms with Gasteiger partial charge in [0.15, 0.2) is 11.5 Å². The van der Waals surface area contributed by atoms with Gasteiger partial charge in [-0.05, 0) is 12.1 Å². The predicted octanol–water partition coefficient (Wildman–Crippen LogP) is 3.90. The fourth-order valence-electron chi connectivity index (χ4n) is 1.95. The maximum Gasteiger partial charge on any atom is 0.437 e. The molecule has 0 aliphatic heterocycles. The summed E-state index contributed by atoms with van der Waals surface area (Å²) in [7, 11) is 0. The Bertz CT molecular complexity index is 813. The molecule has 2 aromatic heterocycles. The van der Waals surface area contributed by atoms with Gasteiger partial charge in [0.25, 0.3) is 0 Å². The summed E-state index contributed by atoms with van der Waals surface area (Å²) in [6.45, 7) is 0. The quantitative estimate of drug-likeness (QED) is 0.746. The molecule has 22 heavy (non-hydrogen) atoms. The Kier molecular flexibility index (Phi) is 3.28. The minimum absolute atomic E-state index is 0.0243. The van der Waals surface area contributed by atoms with Crippen LogP contribution in [0.5, 0.6) is 11.5 Å². The number of phenolic OH excluding ortho intramolecular Hbond substituents is 2. The number of halogens is 3. The predicted molar refractivity (Wildman–Crippen MR) is 71.4 cm³/mol. The standard InChI is InChI=1S/C13H7F3N2O3S/c14-13(15,16)12-10(8-4-22-5-17-8)11(21-18-12)7-2-1-6(19)3-9(7)20/h1-5,19-20H. The first kappa shape index (κ1) is 14.4. The topological polar surface area (TPSA) is 79.4 Å². The molecule has 0 atom stereocenters. The highest BCUT2D eigenvalue weighted by atomic mass is 32.1. The molecule has 1 aromatic carbocycles. The van der Waals surface area contributed by atoms with Gasteiger partial charge in [-0.15, -0.1) is 11.3 Å². The summed E-state index contributed by atoms with van der Waals surface area (Å²) in [6, 6.07) is 3.45. The number of rotatable bonds is 2. The monoisotopic (exact) mass is 328 g/mol. The number of aromatic hydroxyl groups is 2. The van der Waals surface area contributed by atoms with Crippen LogP contribution in [-0.4, -0.2) is 20.4 Å². The largest absolute Gasteiger partial charge is 0.508 e. The van der Waals surface area contributed by atoms with Gasteiger partial charge in [0.1, 0.15) is 11.5 Å². The Morgan fingerprint density at radius 3 is 2.55 bits per heavy atom. The number of nitrogens with zero attached hydrogens (tertiary/aromatic N) is 2. The lowest BCUT2D eigenvalue weighted by molar-refractivity contribution is -0.142. The van der Waals surface area contributed by atoms with E-state index >= 15 is 0 Å². The zero-order chi connectivity index (χ0) is 15.9. The third-order valence-corrected chi connectivity index (χ3v) is 3.46. The number of phenols is 2. The van der Waals surface area contributed by atoms with Crippen molar-refractivity contribution in [3.05, 3.63) is 34.8 Å². The second-order valence-electron chi connectivity index (χ2n) is 4.31. The summed E-state index contributed by atoms with van der Waals surface area (Å²) < 4.78 is 44.1. The highest BCUT2D eigenvalue weighted by molar-refractivity contribution is 7.07. The maximum absolute atomic E-state index is 13.1. The normalized spacial score (nSPS) is 11.8. The van der Waals surface area contributed by atoms with Gasteiger partial charge in [-0.3, -0.25) is 0 Å². The first-order valence-electron chi connectivity index (χ1n) is 5.85. The smallest absolute Gasteiger partial charge is 0.437 e. The molecule has 2 heterocycles. The van der Waals surface area contributed by atoms with E-state index in [9.17, 15) is 23.4 Å². The van der Waals surface area contributed by atoms with E-state index in [1.165, 1.54) is 23.0 Å². The second-order valence-corrected chi connectivity index (χ2v) is 5.03. The summed E-state index contributed by atoms with van der Waals surface area (Å²) in [5.41, 5.74) is -0.177. The van der Waals surface area contributed by atoms with Crippen LogP contribution in [0.2, 0.25) is 0 Å². The van der Waals surface area contributed by atoms with E-state index in [0.29, 0.717) is 0 Å². The molecule has 0 aliphatic carbocycles.